The number of carbonyl (C=O) groups is 1. The molecule has 1 aliphatic heterocycles. The molecule has 1 aliphatic carbocycles. The van der Waals surface area contributed by atoms with Crippen molar-refractivity contribution >= 4 is 5.97 Å². The van der Waals surface area contributed by atoms with Crippen LogP contribution in [0.5, 0.6) is 0 Å². The van der Waals surface area contributed by atoms with Gasteiger partial charge in [0.15, 0.2) is 0 Å². The van der Waals surface area contributed by atoms with Gasteiger partial charge in [-0.05, 0) is 31.2 Å². The Morgan fingerprint density at radius 1 is 1.57 bits per heavy atom. The average Bonchev–Trinajstić information content (AvgIpc) is 2.50. The van der Waals surface area contributed by atoms with Crippen LogP contribution in [0.2, 0.25) is 0 Å². The van der Waals surface area contributed by atoms with Crippen molar-refractivity contribution in [2.24, 2.45) is 11.3 Å². The molecule has 0 aromatic carbocycles. The van der Waals surface area contributed by atoms with Gasteiger partial charge in [0.05, 0.1) is 5.92 Å². The molecule has 1 heterocycles. The van der Waals surface area contributed by atoms with E-state index in [1.807, 2.05) is 0 Å². The van der Waals surface area contributed by atoms with Crippen molar-refractivity contribution in [1.29, 1.82) is 0 Å². The zero-order valence-corrected chi connectivity index (χ0v) is 8.83. The molecule has 1 unspecified atom stereocenters. The van der Waals surface area contributed by atoms with Crippen LogP contribution in [0, 0.1) is 11.3 Å². The first-order valence-corrected chi connectivity index (χ1v) is 5.54. The maximum Gasteiger partial charge on any atom is 0.307 e. The summed E-state index contributed by atoms with van der Waals surface area (Å²) >= 11 is 0. The van der Waals surface area contributed by atoms with Gasteiger partial charge < -0.3 is 10.0 Å². The lowest BCUT2D eigenvalue weighted by Gasteiger charge is -2.41. The van der Waals surface area contributed by atoms with Crippen molar-refractivity contribution in [3.05, 3.63) is 0 Å². The molecule has 1 saturated heterocycles. The second-order valence-corrected chi connectivity index (χ2v) is 5.22. The van der Waals surface area contributed by atoms with Crippen molar-refractivity contribution in [1.82, 2.24) is 4.90 Å². The van der Waals surface area contributed by atoms with Crippen molar-refractivity contribution in [3.8, 4) is 0 Å². The maximum absolute atomic E-state index is 10.8. The van der Waals surface area contributed by atoms with Crippen LogP contribution in [0.25, 0.3) is 0 Å². The Balaban J connectivity index is 1.81. The molecule has 0 spiro atoms. The summed E-state index contributed by atoms with van der Waals surface area (Å²) in [6, 6.07) is 0. The van der Waals surface area contributed by atoms with Gasteiger partial charge in [0.2, 0.25) is 0 Å². The highest BCUT2D eigenvalue weighted by atomic mass is 16.4. The molecule has 1 N–H and O–H groups in total. The number of carboxylic acids is 1. The van der Waals surface area contributed by atoms with Gasteiger partial charge in [-0.2, -0.15) is 0 Å². The highest BCUT2D eigenvalue weighted by Gasteiger charge is 2.36. The zero-order chi connectivity index (χ0) is 10.2. The molecule has 0 bridgehead atoms. The molecule has 80 valence electrons. The van der Waals surface area contributed by atoms with Gasteiger partial charge in [0.25, 0.3) is 0 Å². The Morgan fingerprint density at radius 3 is 2.71 bits per heavy atom. The monoisotopic (exact) mass is 197 g/mol. The number of carboxylic acid groups (broad SMARTS) is 1. The third kappa shape index (κ3) is 1.92. The van der Waals surface area contributed by atoms with E-state index in [4.69, 9.17) is 5.11 Å². The summed E-state index contributed by atoms with van der Waals surface area (Å²) in [4.78, 5) is 13.1. The van der Waals surface area contributed by atoms with Crippen molar-refractivity contribution in [3.63, 3.8) is 0 Å². The summed E-state index contributed by atoms with van der Waals surface area (Å²) in [5.74, 6) is -0.732. The van der Waals surface area contributed by atoms with Gasteiger partial charge in [-0.1, -0.05) is 13.3 Å². The lowest BCUT2D eigenvalue weighted by Crippen LogP contribution is -2.39. The van der Waals surface area contributed by atoms with Gasteiger partial charge in [0, 0.05) is 13.1 Å². The van der Waals surface area contributed by atoms with Crippen molar-refractivity contribution < 1.29 is 9.90 Å². The molecular formula is C11H19NO2. The van der Waals surface area contributed by atoms with E-state index in [1.165, 1.54) is 19.3 Å². The number of rotatable bonds is 3. The summed E-state index contributed by atoms with van der Waals surface area (Å²) in [5, 5.41) is 8.87. The van der Waals surface area contributed by atoms with E-state index < -0.39 is 5.97 Å². The third-order valence-corrected chi connectivity index (χ3v) is 3.79. The number of nitrogens with zero attached hydrogens (tertiary/aromatic N) is 1. The van der Waals surface area contributed by atoms with Crippen molar-refractivity contribution in [2.75, 3.05) is 19.6 Å². The van der Waals surface area contributed by atoms with Crippen molar-refractivity contribution in [2.45, 2.75) is 32.6 Å². The van der Waals surface area contributed by atoms with Crippen LogP contribution in [0.15, 0.2) is 0 Å². The lowest BCUT2D eigenvalue weighted by molar-refractivity contribution is -0.141. The SMILES string of the molecule is CC1(CN2CCC(C(=O)O)C2)CCC1. The Morgan fingerprint density at radius 2 is 2.29 bits per heavy atom. The van der Waals surface area contributed by atoms with Crippen LogP contribution in [-0.4, -0.2) is 35.6 Å². The van der Waals surface area contributed by atoms with Crippen LogP contribution >= 0.6 is 0 Å². The van der Waals surface area contributed by atoms with Crippen LogP contribution < -0.4 is 0 Å². The topological polar surface area (TPSA) is 40.5 Å². The summed E-state index contributed by atoms with van der Waals surface area (Å²) < 4.78 is 0. The van der Waals surface area contributed by atoms with Gasteiger partial charge in [-0.3, -0.25) is 4.79 Å². The van der Waals surface area contributed by atoms with E-state index in [0.29, 0.717) is 5.41 Å². The number of aliphatic carboxylic acids is 1. The van der Waals surface area contributed by atoms with Crippen LogP contribution in [0.4, 0.5) is 0 Å². The van der Waals surface area contributed by atoms with Gasteiger partial charge >= 0.3 is 5.97 Å². The van der Waals surface area contributed by atoms with Crippen LogP contribution in [0.3, 0.4) is 0 Å². The van der Waals surface area contributed by atoms with Crippen LogP contribution in [-0.2, 0) is 4.79 Å². The molecule has 2 rings (SSSR count). The largest absolute Gasteiger partial charge is 0.481 e. The Labute approximate surface area is 85.1 Å². The predicted octanol–water partition coefficient (Wildman–Crippen LogP) is 1.58. The van der Waals surface area contributed by atoms with E-state index in [2.05, 4.69) is 11.8 Å². The third-order valence-electron chi connectivity index (χ3n) is 3.79. The molecule has 2 fully saturated rings. The predicted molar refractivity (Wildman–Crippen MR) is 54.1 cm³/mol. The molecule has 3 heteroatoms. The Kier molecular flexibility index (Phi) is 2.52. The summed E-state index contributed by atoms with van der Waals surface area (Å²) in [6.07, 6.45) is 4.83. The molecule has 14 heavy (non-hydrogen) atoms. The molecule has 1 atom stereocenters. The first-order chi connectivity index (χ1) is 6.59. The molecule has 0 amide bonds. The Bertz CT molecular complexity index is 235. The number of likely N-dealkylation sites (tertiary alicyclic amines) is 1. The molecule has 1 saturated carbocycles. The molecule has 0 radical (unpaired) electrons. The fraction of sp³-hybridized carbons (Fsp3) is 0.909. The lowest BCUT2D eigenvalue weighted by atomic mass is 9.70. The summed E-state index contributed by atoms with van der Waals surface area (Å²) in [6.45, 7) is 5.18. The molecule has 2 aliphatic rings. The van der Waals surface area contributed by atoms with E-state index in [0.717, 1.165) is 26.1 Å². The van der Waals surface area contributed by atoms with Gasteiger partial charge in [-0.25, -0.2) is 0 Å². The quantitative estimate of drug-likeness (QED) is 0.746. The van der Waals surface area contributed by atoms with Crippen LogP contribution in [0.1, 0.15) is 32.6 Å². The standard InChI is InChI=1S/C11H19NO2/c1-11(4-2-5-11)8-12-6-3-9(7-12)10(13)14/h9H,2-8H2,1H3,(H,13,14). The normalized spacial score (nSPS) is 31.4. The molecule has 0 aromatic heterocycles. The number of hydrogen-bond donors (Lipinski definition) is 1. The Hall–Kier alpha value is -0.570. The first kappa shape index (κ1) is 9.97. The molecule has 3 nitrogen and oxygen atoms in total. The van der Waals surface area contributed by atoms with E-state index >= 15 is 0 Å². The average molecular weight is 197 g/mol. The molecule has 0 aromatic rings. The second kappa shape index (κ2) is 3.54. The van der Waals surface area contributed by atoms with E-state index in [9.17, 15) is 4.79 Å². The van der Waals surface area contributed by atoms with Gasteiger partial charge in [-0.15, -0.1) is 0 Å². The number of hydrogen-bond acceptors (Lipinski definition) is 2. The minimum absolute atomic E-state index is 0.112. The minimum atomic E-state index is -0.619. The van der Waals surface area contributed by atoms with E-state index in [1.54, 1.807) is 0 Å². The highest BCUT2D eigenvalue weighted by Crippen LogP contribution is 2.41. The van der Waals surface area contributed by atoms with E-state index in [-0.39, 0.29) is 5.92 Å². The maximum atomic E-state index is 10.8. The zero-order valence-electron chi connectivity index (χ0n) is 8.83. The first-order valence-electron chi connectivity index (χ1n) is 5.54. The molecular weight excluding hydrogens is 178 g/mol. The summed E-state index contributed by atoms with van der Waals surface area (Å²) in [7, 11) is 0. The van der Waals surface area contributed by atoms with Gasteiger partial charge in [0.1, 0.15) is 0 Å². The summed E-state index contributed by atoms with van der Waals surface area (Å²) in [5.41, 5.74) is 0.493. The fourth-order valence-electron chi connectivity index (χ4n) is 2.66. The fourth-order valence-corrected chi connectivity index (χ4v) is 2.66. The minimum Gasteiger partial charge on any atom is -0.481 e. The second-order valence-electron chi connectivity index (χ2n) is 5.22. The smallest absolute Gasteiger partial charge is 0.307 e. The highest BCUT2D eigenvalue weighted by molar-refractivity contribution is 5.70.